The normalized spacial score (nSPS) is 15.4. The Morgan fingerprint density at radius 2 is 1.83 bits per heavy atom. The Labute approximate surface area is 141 Å². The largest absolute Gasteiger partial charge is 0.454 e. The summed E-state index contributed by atoms with van der Waals surface area (Å²) in [5, 5.41) is 7.90. The highest BCUT2D eigenvalue weighted by Gasteiger charge is 2.20. The summed E-state index contributed by atoms with van der Waals surface area (Å²) in [6.07, 6.45) is 4.17. The van der Waals surface area contributed by atoms with Crippen LogP contribution in [0.5, 0.6) is 0 Å². The van der Waals surface area contributed by atoms with Crippen LogP contribution in [0.2, 0.25) is 0 Å². The lowest BCUT2D eigenvalue weighted by atomic mass is 10.2. The number of hydrogen-bond donors (Lipinski definition) is 3. The van der Waals surface area contributed by atoms with Gasteiger partial charge in [-0.3, -0.25) is 4.79 Å². The first kappa shape index (κ1) is 17.8. The van der Waals surface area contributed by atoms with Gasteiger partial charge >= 0.3 is 12.0 Å². The van der Waals surface area contributed by atoms with Crippen LogP contribution in [0.15, 0.2) is 30.3 Å². The van der Waals surface area contributed by atoms with Crippen molar-refractivity contribution >= 4 is 23.6 Å². The average Bonchev–Trinajstić information content (AvgIpc) is 3.06. The molecule has 0 bridgehead atoms. The molecule has 1 saturated carbocycles. The number of hydrogen-bond acceptors (Lipinski definition) is 4. The molecule has 1 aliphatic rings. The number of benzene rings is 1. The second-order valence-corrected chi connectivity index (χ2v) is 5.84. The van der Waals surface area contributed by atoms with E-state index in [9.17, 15) is 14.4 Å². The number of carbonyl (C=O) groups is 3. The number of rotatable bonds is 6. The molecule has 7 nitrogen and oxygen atoms in total. The minimum absolute atomic E-state index is 0.184. The van der Waals surface area contributed by atoms with Crippen molar-refractivity contribution in [2.45, 2.75) is 44.7 Å². The highest BCUT2D eigenvalue weighted by molar-refractivity contribution is 5.92. The zero-order valence-electron chi connectivity index (χ0n) is 13.7. The fraction of sp³-hybridized carbons (Fsp3) is 0.471. The van der Waals surface area contributed by atoms with Gasteiger partial charge in [0.2, 0.25) is 0 Å². The van der Waals surface area contributed by atoms with Gasteiger partial charge in [0.15, 0.2) is 6.61 Å². The van der Waals surface area contributed by atoms with Crippen LogP contribution in [0.25, 0.3) is 0 Å². The first-order valence-electron chi connectivity index (χ1n) is 8.13. The van der Waals surface area contributed by atoms with E-state index in [1.807, 2.05) is 6.07 Å². The second kappa shape index (κ2) is 8.90. The van der Waals surface area contributed by atoms with Gasteiger partial charge in [0, 0.05) is 11.7 Å². The number of nitrogens with one attached hydrogen (secondary N) is 3. The molecular formula is C17H23N3O4. The van der Waals surface area contributed by atoms with Crippen molar-refractivity contribution < 1.29 is 19.1 Å². The predicted octanol–water partition coefficient (Wildman–Crippen LogP) is 1.80. The molecule has 0 aromatic heterocycles. The Hall–Kier alpha value is -2.57. The summed E-state index contributed by atoms with van der Waals surface area (Å²) in [4.78, 5) is 35.3. The number of ether oxygens (including phenoxy) is 1. The Kier molecular flexibility index (Phi) is 6.60. The third-order valence-electron chi connectivity index (χ3n) is 3.80. The number of urea groups is 1. The summed E-state index contributed by atoms with van der Waals surface area (Å²) in [7, 11) is 0. The molecule has 3 N–H and O–H groups in total. The first-order chi connectivity index (χ1) is 11.5. The van der Waals surface area contributed by atoms with Crippen LogP contribution < -0.4 is 16.0 Å². The van der Waals surface area contributed by atoms with Crippen LogP contribution in [0, 0.1) is 0 Å². The molecule has 0 aliphatic heterocycles. The number of anilines is 1. The molecule has 0 heterocycles. The van der Waals surface area contributed by atoms with Crippen LogP contribution in [0.3, 0.4) is 0 Å². The Balaban J connectivity index is 1.67. The summed E-state index contributed by atoms with van der Waals surface area (Å²) in [5.74, 6) is -0.962. The molecule has 0 spiro atoms. The van der Waals surface area contributed by atoms with Crippen molar-refractivity contribution in [2.24, 2.45) is 0 Å². The van der Waals surface area contributed by atoms with Gasteiger partial charge in [-0.2, -0.15) is 0 Å². The second-order valence-electron chi connectivity index (χ2n) is 5.84. The number of carbonyl (C=O) groups excluding carboxylic acids is 3. The molecule has 1 aromatic carbocycles. The Bertz CT molecular complexity index is 570. The number of esters is 1. The lowest BCUT2D eigenvalue weighted by Gasteiger charge is -2.15. The molecule has 1 atom stereocenters. The Morgan fingerprint density at radius 3 is 2.50 bits per heavy atom. The molecule has 24 heavy (non-hydrogen) atoms. The van der Waals surface area contributed by atoms with Crippen molar-refractivity contribution in [3.05, 3.63) is 30.3 Å². The minimum atomic E-state index is -0.854. The maximum atomic E-state index is 11.8. The fourth-order valence-electron chi connectivity index (χ4n) is 2.55. The monoisotopic (exact) mass is 333 g/mol. The maximum Gasteiger partial charge on any atom is 0.328 e. The lowest BCUT2D eigenvalue weighted by Crippen LogP contribution is -2.43. The van der Waals surface area contributed by atoms with Crippen LogP contribution in [-0.4, -0.2) is 36.6 Å². The molecule has 0 unspecified atom stereocenters. The highest BCUT2D eigenvalue weighted by Crippen LogP contribution is 2.17. The summed E-state index contributed by atoms with van der Waals surface area (Å²) in [5.41, 5.74) is 0.617. The van der Waals surface area contributed by atoms with E-state index in [0.717, 1.165) is 25.7 Å². The summed E-state index contributed by atoms with van der Waals surface area (Å²) in [6, 6.07) is 7.69. The number of amides is 3. The highest BCUT2D eigenvalue weighted by atomic mass is 16.5. The van der Waals surface area contributed by atoms with Gasteiger partial charge in [-0.05, 0) is 31.9 Å². The average molecular weight is 333 g/mol. The summed E-state index contributed by atoms with van der Waals surface area (Å²) >= 11 is 0. The van der Waals surface area contributed by atoms with E-state index in [4.69, 9.17) is 4.74 Å². The Morgan fingerprint density at radius 1 is 1.17 bits per heavy atom. The van der Waals surface area contributed by atoms with Gasteiger partial charge in [-0.1, -0.05) is 31.0 Å². The molecular weight excluding hydrogens is 310 g/mol. The SMILES string of the molecule is C[C@H](NC(=O)Nc1ccccc1)C(=O)OCC(=O)NC1CCCC1. The van der Waals surface area contributed by atoms with Crippen molar-refractivity contribution in [2.75, 3.05) is 11.9 Å². The topological polar surface area (TPSA) is 96.5 Å². The minimum Gasteiger partial charge on any atom is -0.454 e. The van der Waals surface area contributed by atoms with Crippen LogP contribution in [0.4, 0.5) is 10.5 Å². The summed E-state index contributed by atoms with van der Waals surface area (Å²) < 4.78 is 4.93. The van der Waals surface area contributed by atoms with Gasteiger partial charge in [0.1, 0.15) is 6.04 Å². The van der Waals surface area contributed by atoms with Crippen molar-refractivity contribution in [3.8, 4) is 0 Å². The maximum absolute atomic E-state index is 11.8. The van der Waals surface area contributed by atoms with E-state index in [1.54, 1.807) is 24.3 Å². The molecule has 0 radical (unpaired) electrons. The standard InChI is InChI=1S/C17H23N3O4/c1-12(18-17(23)20-14-7-3-2-4-8-14)16(22)24-11-15(21)19-13-9-5-6-10-13/h2-4,7-8,12-13H,5-6,9-11H2,1H3,(H,19,21)(H2,18,20,23)/t12-/m0/s1. The van der Waals surface area contributed by atoms with E-state index < -0.39 is 18.0 Å². The summed E-state index contributed by atoms with van der Waals surface area (Å²) in [6.45, 7) is 1.17. The lowest BCUT2D eigenvalue weighted by molar-refractivity contribution is -0.150. The van der Waals surface area contributed by atoms with Crippen molar-refractivity contribution in [3.63, 3.8) is 0 Å². The van der Waals surface area contributed by atoms with Gasteiger partial charge < -0.3 is 20.7 Å². The predicted molar refractivity (Wildman–Crippen MR) is 89.4 cm³/mol. The van der Waals surface area contributed by atoms with Gasteiger partial charge in [0.05, 0.1) is 0 Å². The smallest absolute Gasteiger partial charge is 0.328 e. The van der Waals surface area contributed by atoms with Crippen LogP contribution in [-0.2, 0) is 14.3 Å². The third-order valence-corrected chi connectivity index (χ3v) is 3.80. The van der Waals surface area contributed by atoms with E-state index in [1.165, 1.54) is 6.92 Å². The molecule has 1 aliphatic carbocycles. The third kappa shape index (κ3) is 5.91. The number of para-hydroxylation sites is 1. The molecule has 1 fully saturated rings. The van der Waals surface area contributed by atoms with E-state index in [0.29, 0.717) is 5.69 Å². The van der Waals surface area contributed by atoms with Crippen molar-refractivity contribution in [1.29, 1.82) is 0 Å². The molecule has 0 saturated heterocycles. The van der Waals surface area contributed by atoms with Crippen LogP contribution >= 0.6 is 0 Å². The van der Waals surface area contributed by atoms with Crippen LogP contribution in [0.1, 0.15) is 32.6 Å². The molecule has 130 valence electrons. The quantitative estimate of drug-likeness (QED) is 0.692. The van der Waals surface area contributed by atoms with Gasteiger partial charge in [0.25, 0.3) is 5.91 Å². The van der Waals surface area contributed by atoms with E-state index in [2.05, 4.69) is 16.0 Å². The zero-order valence-corrected chi connectivity index (χ0v) is 13.7. The first-order valence-corrected chi connectivity index (χ1v) is 8.13. The van der Waals surface area contributed by atoms with Gasteiger partial charge in [-0.15, -0.1) is 0 Å². The molecule has 3 amide bonds. The van der Waals surface area contributed by atoms with E-state index >= 15 is 0 Å². The van der Waals surface area contributed by atoms with Gasteiger partial charge in [-0.25, -0.2) is 9.59 Å². The van der Waals surface area contributed by atoms with Crippen molar-refractivity contribution in [1.82, 2.24) is 10.6 Å². The molecule has 1 aromatic rings. The zero-order chi connectivity index (χ0) is 17.4. The van der Waals surface area contributed by atoms with E-state index in [-0.39, 0.29) is 18.6 Å². The molecule has 7 heteroatoms. The molecule has 2 rings (SSSR count). The fourth-order valence-corrected chi connectivity index (χ4v) is 2.55.